The number of para-hydroxylation sites is 1. The van der Waals surface area contributed by atoms with Crippen molar-refractivity contribution >= 4 is 0 Å². The lowest BCUT2D eigenvalue weighted by molar-refractivity contribution is 0.111. The van der Waals surface area contributed by atoms with Crippen LogP contribution < -0.4 is 4.74 Å². The molecular formula is C13H15NO2. The van der Waals surface area contributed by atoms with Gasteiger partial charge in [0.1, 0.15) is 18.5 Å². The van der Waals surface area contributed by atoms with Crippen LogP contribution in [0.3, 0.4) is 0 Å². The van der Waals surface area contributed by atoms with Crippen LogP contribution in [0.4, 0.5) is 0 Å². The van der Waals surface area contributed by atoms with Crippen molar-refractivity contribution in [1.29, 1.82) is 5.26 Å². The van der Waals surface area contributed by atoms with Crippen molar-refractivity contribution < 1.29 is 9.84 Å². The number of aliphatic hydroxyl groups excluding tert-OH is 1. The summed E-state index contributed by atoms with van der Waals surface area (Å²) in [7, 11) is 0. The van der Waals surface area contributed by atoms with Gasteiger partial charge in [-0.25, -0.2) is 0 Å². The van der Waals surface area contributed by atoms with Crippen LogP contribution in [-0.2, 0) is 6.42 Å². The van der Waals surface area contributed by atoms with Crippen molar-refractivity contribution in [3.8, 4) is 11.8 Å². The molecule has 0 aromatic heterocycles. The summed E-state index contributed by atoms with van der Waals surface area (Å²) in [4.78, 5) is 0. The second-order valence-electron chi connectivity index (χ2n) is 3.43. The molecule has 1 atom stereocenters. The van der Waals surface area contributed by atoms with E-state index in [-0.39, 0.29) is 13.0 Å². The molecule has 0 saturated heterocycles. The van der Waals surface area contributed by atoms with E-state index in [1.807, 2.05) is 30.3 Å². The van der Waals surface area contributed by atoms with Gasteiger partial charge in [-0.1, -0.05) is 24.3 Å². The number of benzene rings is 1. The first-order valence-corrected chi connectivity index (χ1v) is 5.14. The quantitative estimate of drug-likeness (QED) is 0.742. The SMILES string of the molecule is C=CCc1ccccc1OCC(O)CC#N. The van der Waals surface area contributed by atoms with Gasteiger partial charge in [-0.3, -0.25) is 0 Å². The van der Waals surface area contributed by atoms with E-state index >= 15 is 0 Å². The van der Waals surface area contributed by atoms with Gasteiger partial charge >= 0.3 is 0 Å². The minimum atomic E-state index is -0.734. The molecule has 3 nitrogen and oxygen atoms in total. The summed E-state index contributed by atoms with van der Waals surface area (Å²) in [6.45, 7) is 3.81. The Balaban J connectivity index is 2.59. The first-order valence-electron chi connectivity index (χ1n) is 5.14. The maximum absolute atomic E-state index is 9.36. The molecule has 0 aliphatic heterocycles. The van der Waals surface area contributed by atoms with Gasteiger partial charge in [-0.15, -0.1) is 6.58 Å². The highest BCUT2D eigenvalue weighted by atomic mass is 16.5. The molecule has 0 amide bonds. The molecule has 1 N–H and O–H groups in total. The Kier molecular flexibility index (Phi) is 5.10. The Morgan fingerprint density at radius 2 is 2.25 bits per heavy atom. The highest BCUT2D eigenvalue weighted by Gasteiger charge is 2.06. The van der Waals surface area contributed by atoms with Crippen LogP contribution in [0.5, 0.6) is 5.75 Å². The van der Waals surface area contributed by atoms with Gasteiger partial charge in [-0.05, 0) is 18.1 Å². The molecular weight excluding hydrogens is 202 g/mol. The number of nitriles is 1. The first kappa shape index (κ1) is 12.3. The molecule has 0 aliphatic rings. The summed E-state index contributed by atoms with van der Waals surface area (Å²) < 4.78 is 5.46. The van der Waals surface area contributed by atoms with E-state index < -0.39 is 6.10 Å². The predicted octanol–water partition coefficient (Wildman–Crippen LogP) is 2.07. The predicted molar refractivity (Wildman–Crippen MR) is 62.1 cm³/mol. The topological polar surface area (TPSA) is 53.2 Å². The molecule has 1 unspecified atom stereocenters. The molecule has 0 radical (unpaired) electrons. The van der Waals surface area contributed by atoms with E-state index in [0.29, 0.717) is 0 Å². The molecule has 0 bridgehead atoms. The smallest absolute Gasteiger partial charge is 0.122 e. The van der Waals surface area contributed by atoms with E-state index in [1.165, 1.54) is 0 Å². The Hall–Kier alpha value is -1.79. The summed E-state index contributed by atoms with van der Waals surface area (Å²) in [5, 5.41) is 17.8. The highest BCUT2D eigenvalue weighted by molar-refractivity contribution is 5.34. The fourth-order valence-electron chi connectivity index (χ4n) is 1.32. The van der Waals surface area contributed by atoms with Crippen LogP contribution in [0.25, 0.3) is 0 Å². The van der Waals surface area contributed by atoms with Gasteiger partial charge in [0.2, 0.25) is 0 Å². The second kappa shape index (κ2) is 6.65. The number of rotatable bonds is 6. The Bertz CT molecular complexity index is 382. The van der Waals surface area contributed by atoms with Crippen LogP contribution in [0, 0.1) is 11.3 Å². The molecule has 16 heavy (non-hydrogen) atoms. The number of ether oxygens (including phenoxy) is 1. The number of allylic oxidation sites excluding steroid dienone is 1. The van der Waals surface area contributed by atoms with E-state index in [0.717, 1.165) is 17.7 Å². The fraction of sp³-hybridized carbons (Fsp3) is 0.308. The normalized spacial score (nSPS) is 11.5. The number of nitrogens with zero attached hydrogens (tertiary/aromatic N) is 1. The lowest BCUT2D eigenvalue weighted by atomic mass is 10.1. The van der Waals surface area contributed by atoms with Gasteiger partial charge in [0.15, 0.2) is 0 Å². The van der Waals surface area contributed by atoms with Crippen molar-refractivity contribution in [2.45, 2.75) is 18.9 Å². The number of hydrogen-bond donors (Lipinski definition) is 1. The minimum Gasteiger partial charge on any atom is -0.491 e. The van der Waals surface area contributed by atoms with E-state index in [9.17, 15) is 5.11 Å². The third-order valence-electron chi connectivity index (χ3n) is 2.09. The van der Waals surface area contributed by atoms with Gasteiger partial charge in [0.25, 0.3) is 0 Å². The summed E-state index contributed by atoms with van der Waals surface area (Å²) in [5.41, 5.74) is 1.03. The monoisotopic (exact) mass is 217 g/mol. The van der Waals surface area contributed by atoms with Crippen molar-refractivity contribution in [3.63, 3.8) is 0 Å². The Labute approximate surface area is 95.6 Å². The largest absolute Gasteiger partial charge is 0.491 e. The van der Waals surface area contributed by atoms with Gasteiger partial charge in [0.05, 0.1) is 12.5 Å². The molecule has 1 aromatic carbocycles. The summed E-state index contributed by atoms with van der Waals surface area (Å²) >= 11 is 0. The fourth-order valence-corrected chi connectivity index (χ4v) is 1.32. The Morgan fingerprint density at radius 3 is 2.94 bits per heavy atom. The standard InChI is InChI=1S/C13H15NO2/c1-2-5-11-6-3-4-7-13(11)16-10-12(15)8-9-14/h2-4,6-7,12,15H,1,5,8,10H2. The van der Waals surface area contributed by atoms with Crippen LogP contribution >= 0.6 is 0 Å². The maximum Gasteiger partial charge on any atom is 0.122 e. The van der Waals surface area contributed by atoms with Gasteiger partial charge in [0, 0.05) is 0 Å². The van der Waals surface area contributed by atoms with Crippen molar-refractivity contribution in [2.24, 2.45) is 0 Å². The third kappa shape index (κ3) is 3.76. The van der Waals surface area contributed by atoms with Crippen molar-refractivity contribution in [2.75, 3.05) is 6.61 Å². The summed E-state index contributed by atoms with van der Waals surface area (Å²) in [6, 6.07) is 9.50. The summed E-state index contributed by atoms with van der Waals surface area (Å²) in [6.07, 6.45) is 1.88. The average molecular weight is 217 g/mol. The van der Waals surface area contributed by atoms with E-state index in [1.54, 1.807) is 6.08 Å². The zero-order valence-electron chi connectivity index (χ0n) is 9.10. The van der Waals surface area contributed by atoms with E-state index in [4.69, 9.17) is 10.00 Å². The third-order valence-corrected chi connectivity index (χ3v) is 2.09. The molecule has 0 heterocycles. The zero-order valence-corrected chi connectivity index (χ0v) is 9.10. The van der Waals surface area contributed by atoms with Crippen LogP contribution in [0.1, 0.15) is 12.0 Å². The Morgan fingerprint density at radius 1 is 1.50 bits per heavy atom. The molecule has 1 rings (SSSR count). The lowest BCUT2D eigenvalue weighted by Gasteiger charge is -2.12. The highest BCUT2D eigenvalue weighted by Crippen LogP contribution is 2.18. The number of aliphatic hydroxyl groups is 1. The van der Waals surface area contributed by atoms with Crippen LogP contribution in [0.15, 0.2) is 36.9 Å². The molecule has 3 heteroatoms. The van der Waals surface area contributed by atoms with Crippen molar-refractivity contribution in [1.82, 2.24) is 0 Å². The van der Waals surface area contributed by atoms with E-state index in [2.05, 4.69) is 6.58 Å². The van der Waals surface area contributed by atoms with Crippen LogP contribution in [0.2, 0.25) is 0 Å². The van der Waals surface area contributed by atoms with Gasteiger partial charge < -0.3 is 9.84 Å². The minimum absolute atomic E-state index is 0.0869. The lowest BCUT2D eigenvalue weighted by Crippen LogP contribution is -2.17. The van der Waals surface area contributed by atoms with Gasteiger partial charge in [-0.2, -0.15) is 5.26 Å². The average Bonchev–Trinajstić information content (AvgIpc) is 2.29. The molecule has 1 aromatic rings. The van der Waals surface area contributed by atoms with Crippen LogP contribution in [-0.4, -0.2) is 17.8 Å². The zero-order chi connectivity index (χ0) is 11.8. The molecule has 0 spiro atoms. The molecule has 0 fully saturated rings. The molecule has 0 aliphatic carbocycles. The molecule has 84 valence electrons. The first-order chi connectivity index (χ1) is 7.77. The number of hydrogen-bond acceptors (Lipinski definition) is 3. The van der Waals surface area contributed by atoms with Crippen molar-refractivity contribution in [3.05, 3.63) is 42.5 Å². The second-order valence-corrected chi connectivity index (χ2v) is 3.43. The maximum atomic E-state index is 9.36. The summed E-state index contributed by atoms with van der Waals surface area (Å²) in [5.74, 6) is 0.736. The molecule has 0 saturated carbocycles.